The van der Waals surface area contributed by atoms with Gasteiger partial charge in [-0.15, -0.1) is 0 Å². The summed E-state index contributed by atoms with van der Waals surface area (Å²) in [6, 6.07) is 0.609. The zero-order valence-corrected chi connectivity index (χ0v) is 11.5. The lowest BCUT2D eigenvalue weighted by Crippen LogP contribution is -2.23. The summed E-state index contributed by atoms with van der Waals surface area (Å²) in [7, 11) is 1.99. The Hall–Kier alpha value is -0.830. The van der Waals surface area contributed by atoms with Gasteiger partial charge in [-0.3, -0.25) is 4.68 Å². The Labute approximate surface area is 105 Å². The molecule has 1 aliphatic carbocycles. The Bertz CT molecular complexity index is 360. The first-order valence-corrected chi connectivity index (χ1v) is 6.79. The van der Waals surface area contributed by atoms with Crippen molar-refractivity contribution in [1.29, 1.82) is 0 Å². The van der Waals surface area contributed by atoms with E-state index in [1.54, 1.807) is 0 Å². The molecule has 0 radical (unpaired) electrons. The molecule has 96 valence electrons. The second-order valence-electron chi connectivity index (χ2n) is 5.82. The maximum absolute atomic E-state index is 4.70. The van der Waals surface area contributed by atoms with E-state index in [0.717, 1.165) is 18.4 Å². The average molecular weight is 235 g/mol. The second kappa shape index (κ2) is 5.21. The summed E-state index contributed by atoms with van der Waals surface area (Å²) in [5, 5.41) is 7.90. The van der Waals surface area contributed by atoms with Crippen molar-refractivity contribution < 1.29 is 0 Å². The van der Waals surface area contributed by atoms with Crippen LogP contribution in [0.25, 0.3) is 0 Å². The molecular formula is C14H25N3. The summed E-state index contributed by atoms with van der Waals surface area (Å²) >= 11 is 0. The highest BCUT2D eigenvalue weighted by molar-refractivity contribution is 5.15. The maximum Gasteiger partial charge on any atom is 0.0638 e. The molecule has 1 saturated carbocycles. The van der Waals surface area contributed by atoms with Crippen molar-refractivity contribution in [3.8, 4) is 0 Å². The van der Waals surface area contributed by atoms with Crippen molar-refractivity contribution in [2.45, 2.75) is 52.6 Å². The molecule has 3 nitrogen and oxygen atoms in total. The Balaban J connectivity index is 2.13. The van der Waals surface area contributed by atoms with Crippen molar-refractivity contribution in [3.63, 3.8) is 0 Å². The third-order valence-corrected chi connectivity index (χ3v) is 3.91. The molecule has 1 heterocycles. The van der Waals surface area contributed by atoms with Gasteiger partial charge in [-0.2, -0.15) is 5.10 Å². The molecule has 2 rings (SSSR count). The van der Waals surface area contributed by atoms with Crippen LogP contribution in [-0.4, -0.2) is 16.8 Å². The summed E-state index contributed by atoms with van der Waals surface area (Å²) in [4.78, 5) is 0. The number of nitrogens with zero attached hydrogens (tertiary/aromatic N) is 2. The summed E-state index contributed by atoms with van der Waals surface area (Å²) < 4.78 is 2.22. The third-order valence-electron chi connectivity index (χ3n) is 3.91. The van der Waals surface area contributed by atoms with Crippen molar-refractivity contribution >= 4 is 0 Å². The molecule has 2 unspecified atom stereocenters. The van der Waals surface area contributed by atoms with Gasteiger partial charge in [0.1, 0.15) is 0 Å². The highest BCUT2D eigenvalue weighted by Crippen LogP contribution is 2.35. The molecule has 1 aromatic heterocycles. The van der Waals surface area contributed by atoms with Crippen LogP contribution >= 0.6 is 0 Å². The molecule has 2 atom stereocenters. The van der Waals surface area contributed by atoms with E-state index < -0.39 is 0 Å². The Morgan fingerprint density at radius 2 is 1.94 bits per heavy atom. The van der Waals surface area contributed by atoms with E-state index in [1.165, 1.54) is 30.5 Å². The second-order valence-corrected chi connectivity index (χ2v) is 5.82. The lowest BCUT2D eigenvalue weighted by Gasteiger charge is -2.31. The minimum atomic E-state index is 0.609. The Kier molecular flexibility index (Phi) is 3.87. The molecule has 1 aliphatic rings. The number of hydrogen-bond donors (Lipinski definition) is 1. The lowest BCUT2D eigenvalue weighted by molar-refractivity contribution is 0.209. The van der Waals surface area contributed by atoms with Crippen LogP contribution in [0.15, 0.2) is 6.20 Å². The molecule has 1 aromatic rings. The molecule has 0 bridgehead atoms. The minimum absolute atomic E-state index is 0.609. The highest BCUT2D eigenvalue weighted by Gasteiger charge is 2.25. The van der Waals surface area contributed by atoms with E-state index in [9.17, 15) is 0 Å². The number of nitrogens with one attached hydrogen (secondary N) is 1. The molecule has 0 aliphatic heterocycles. The molecule has 0 saturated heterocycles. The summed E-state index contributed by atoms with van der Waals surface area (Å²) in [5.41, 5.74) is 2.50. The van der Waals surface area contributed by atoms with Gasteiger partial charge in [-0.05, 0) is 45.1 Å². The predicted octanol–water partition coefficient (Wildman–Crippen LogP) is 2.91. The van der Waals surface area contributed by atoms with Gasteiger partial charge in [0.05, 0.1) is 11.7 Å². The van der Waals surface area contributed by atoms with Crippen LogP contribution in [0.5, 0.6) is 0 Å². The predicted molar refractivity (Wildman–Crippen MR) is 70.9 cm³/mol. The quantitative estimate of drug-likeness (QED) is 0.873. The van der Waals surface area contributed by atoms with Crippen molar-refractivity contribution in [1.82, 2.24) is 15.1 Å². The lowest BCUT2D eigenvalue weighted by atomic mass is 9.80. The zero-order chi connectivity index (χ0) is 12.4. The van der Waals surface area contributed by atoms with Crippen LogP contribution in [0.1, 0.15) is 50.4 Å². The molecule has 0 spiro atoms. The topological polar surface area (TPSA) is 29.9 Å². The molecule has 17 heavy (non-hydrogen) atoms. The smallest absolute Gasteiger partial charge is 0.0638 e. The van der Waals surface area contributed by atoms with E-state index >= 15 is 0 Å². The summed E-state index contributed by atoms with van der Waals surface area (Å²) in [5.74, 6) is 1.67. The van der Waals surface area contributed by atoms with Gasteiger partial charge in [0.25, 0.3) is 0 Å². The molecule has 0 amide bonds. The largest absolute Gasteiger partial charge is 0.316 e. The van der Waals surface area contributed by atoms with Crippen LogP contribution in [0.4, 0.5) is 0 Å². The van der Waals surface area contributed by atoms with E-state index in [2.05, 4.69) is 37.0 Å². The van der Waals surface area contributed by atoms with Gasteiger partial charge < -0.3 is 5.32 Å². The Morgan fingerprint density at radius 1 is 1.29 bits per heavy atom. The fourth-order valence-corrected chi connectivity index (χ4v) is 3.19. The van der Waals surface area contributed by atoms with Gasteiger partial charge in [-0.1, -0.05) is 13.8 Å². The van der Waals surface area contributed by atoms with E-state index in [4.69, 9.17) is 5.10 Å². The number of aryl methyl sites for hydroxylation is 1. The van der Waals surface area contributed by atoms with E-state index in [0.29, 0.717) is 6.04 Å². The van der Waals surface area contributed by atoms with E-state index in [1.807, 2.05) is 7.05 Å². The van der Waals surface area contributed by atoms with Gasteiger partial charge in [0, 0.05) is 18.3 Å². The van der Waals surface area contributed by atoms with Gasteiger partial charge in [0.15, 0.2) is 0 Å². The molecule has 3 heteroatoms. The van der Waals surface area contributed by atoms with Gasteiger partial charge in [0.2, 0.25) is 0 Å². The molecular weight excluding hydrogens is 210 g/mol. The normalized spacial score (nSPS) is 29.5. The van der Waals surface area contributed by atoms with Crippen molar-refractivity contribution in [3.05, 3.63) is 17.5 Å². The molecule has 1 N–H and O–H groups in total. The first-order chi connectivity index (χ1) is 8.10. The Morgan fingerprint density at radius 3 is 2.53 bits per heavy atom. The van der Waals surface area contributed by atoms with Crippen LogP contribution in [0.3, 0.4) is 0 Å². The fraction of sp³-hybridized carbons (Fsp3) is 0.786. The SMILES string of the molecule is CNCc1cn(C2CC(C)CC(C)C2)nc1C. The van der Waals surface area contributed by atoms with Crippen molar-refractivity contribution in [2.75, 3.05) is 7.05 Å². The molecule has 0 aromatic carbocycles. The number of aromatic nitrogens is 2. The number of hydrogen-bond acceptors (Lipinski definition) is 2. The van der Waals surface area contributed by atoms with Crippen molar-refractivity contribution in [2.24, 2.45) is 11.8 Å². The van der Waals surface area contributed by atoms with Crippen LogP contribution in [0.2, 0.25) is 0 Å². The minimum Gasteiger partial charge on any atom is -0.316 e. The highest BCUT2D eigenvalue weighted by atomic mass is 15.3. The standard InChI is InChI=1S/C14H25N3/c1-10-5-11(2)7-14(6-10)17-9-13(8-15-4)12(3)16-17/h9-11,14-15H,5-8H2,1-4H3. The van der Waals surface area contributed by atoms with Gasteiger partial charge >= 0.3 is 0 Å². The number of rotatable bonds is 3. The zero-order valence-electron chi connectivity index (χ0n) is 11.5. The average Bonchev–Trinajstić information content (AvgIpc) is 2.60. The monoisotopic (exact) mass is 235 g/mol. The first-order valence-electron chi connectivity index (χ1n) is 6.79. The van der Waals surface area contributed by atoms with E-state index in [-0.39, 0.29) is 0 Å². The van der Waals surface area contributed by atoms with Gasteiger partial charge in [-0.25, -0.2) is 0 Å². The van der Waals surface area contributed by atoms with Crippen LogP contribution in [-0.2, 0) is 6.54 Å². The summed E-state index contributed by atoms with van der Waals surface area (Å²) in [6.07, 6.45) is 6.18. The first kappa shape index (κ1) is 12.6. The fourth-order valence-electron chi connectivity index (χ4n) is 3.19. The third kappa shape index (κ3) is 2.89. The maximum atomic E-state index is 4.70. The van der Waals surface area contributed by atoms with Crippen LogP contribution < -0.4 is 5.32 Å². The summed E-state index contributed by atoms with van der Waals surface area (Å²) in [6.45, 7) is 7.77. The van der Waals surface area contributed by atoms with Crippen LogP contribution in [0, 0.1) is 18.8 Å². The molecule has 1 fully saturated rings.